The van der Waals surface area contributed by atoms with E-state index in [9.17, 15) is 0 Å². The van der Waals surface area contributed by atoms with E-state index in [2.05, 4.69) is 25.7 Å². The Labute approximate surface area is 143 Å². The minimum absolute atomic E-state index is 0.283. The third-order valence-electron chi connectivity index (χ3n) is 2.99. The topological polar surface area (TPSA) is 63.1 Å². The molecule has 0 aliphatic carbocycles. The molecule has 3 aromatic rings. The van der Waals surface area contributed by atoms with Crippen LogP contribution in [0.25, 0.3) is 11.3 Å². The molecule has 0 spiro atoms. The van der Waals surface area contributed by atoms with Crippen LogP contribution >= 0.6 is 23.2 Å². The van der Waals surface area contributed by atoms with Crippen LogP contribution in [0.5, 0.6) is 0 Å². The SMILES string of the molecule is Clc1cccc(Cl)c1/C=N/Nc1nncc(-c2ccccc2)n1. The van der Waals surface area contributed by atoms with Gasteiger partial charge in [0.05, 0.1) is 28.2 Å². The molecule has 1 heterocycles. The Bertz CT molecular complexity index is 817. The molecule has 0 atom stereocenters. The van der Waals surface area contributed by atoms with E-state index < -0.39 is 0 Å². The van der Waals surface area contributed by atoms with Gasteiger partial charge < -0.3 is 0 Å². The molecular formula is C16H11Cl2N5. The van der Waals surface area contributed by atoms with Crippen molar-refractivity contribution in [2.45, 2.75) is 0 Å². The lowest BCUT2D eigenvalue weighted by Crippen LogP contribution is -2.00. The lowest BCUT2D eigenvalue weighted by atomic mass is 10.2. The van der Waals surface area contributed by atoms with Gasteiger partial charge >= 0.3 is 0 Å². The highest BCUT2D eigenvalue weighted by Crippen LogP contribution is 2.22. The molecule has 0 amide bonds. The number of hydrazone groups is 1. The molecular weight excluding hydrogens is 333 g/mol. The Morgan fingerprint density at radius 2 is 1.70 bits per heavy atom. The molecule has 0 fully saturated rings. The summed E-state index contributed by atoms with van der Waals surface area (Å²) in [5.41, 5.74) is 5.00. The number of rotatable bonds is 4. The number of aromatic nitrogens is 3. The van der Waals surface area contributed by atoms with E-state index in [1.165, 1.54) is 6.21 Å². The van der Waals surface area contributed by atoms with E-state index in [0.717, 1.165) is 5.56 Å². The van der Waals surface area contributed by atoms with E-state index in [-0.39, 0.29) is 5.95 Å². The summed E-state index contributed by atoms with van der Waals surface area (Å²) in [6.07, 6.45) is 3.11. The summed E-state index contributed by atoms with van der Waals surface area (Å²) >= 11 is 12.1. The minimum atomic E-state index is 0.283. The molecule has 1 N–H and O–H groups in total. The zero-order chi connectivity index (χ0) is 16.1. The van der Waals surface area contributed by atoms with Crippen molar-refractivity contribution >= 4 is 35.4 Å². The quantitative estimate of drug-likeness (QED) is 0.566. The highest BCUT2D eigenvalue weighted by atomic mass is 35.5. The maximum absolute atomic E-state index is 6.07. The van der Waals surface area contributed by atoms with Gasteiger partial charge in [0.15, 0.2) is 0 Å². The van der Waals surface area contributed by atoms with Crippen LogP contribution in [0.3, 0.4) is 0 Å². The minimum Gasteiger partial charge on any atom is -0.244 e. The number of anilines is 1. The maximum atomic E-state index is 6.07. The Balaban J connectivity index is 1.78. The normalized spacial score (nSPS) is 10.9. The van der Waals surface area contributed by atoms with Crippen molar-refractivity contribution in [1.29, 1.82) is 0 Å². The second-order valence-electron chi connectivity index (χ2n) is 4.54. The fourth-order valence-corrected chi connectivity index (χ4v) is 2.38. The average Bonchev–Trinajstić information content (AvgIpc) is 2.59. The number of nitrogens with zero attached hydrogens (tertiary/aromatic N) is 4. The number of halogens is 2. The van der Waals surface area contributed by atoms with Gasteiger partial charge in [-0.3, -0.25) is 0 Å². The van der Waals surface area contributed by atoms with E-state index in [0.29, 0.717) is 21.3 Å². The molecule has 0 bridgehead atoms. The lowest BCUT2D eigenvalue weighted by Gasteiger charge is -2.03. The van der Waals surface area contributed by atoms with Gasteiger partial charge in [0.25, 0.3) is 5.95 Å². The van der Waals surface area contributed by atoms with Crippen molar-refractivity contribution < 1.29 is 0 Å². The lowest BCUT2D eigenvalue weighted by molar-refractivity contribution is 0.967. The standard InChI is InChI=1S/C16H11Cl2N5/c17-13-7-4-8-14(18)12(13)9-19-22-16-21-15(10-20-23-16)11-5-2-1-3-6-11/h1-10H,(H,21,22,23)/b19-9+. The number of benzene rings is 2. The molecule has 0 radical (unpaired) electrons. The second-order valence-corrected chi connectivity index (χ2v) is 5.35. The Morgan fingerprint density at radius 3 is 2.43 bits per heavy atom. The van der Waals surface area contributed by atoms with Crippen LogP contribution in [-0.2, 0) is 0 Å². The number of hydrogen-bond donors (Lipinski definition) is 1. The molecule has 0 unspecified atom stereocenters. The molecule has 7 heteroatoms. The summed E-state index contributed by atoms with van der Waals surface area (Å²) in [6, 6.07) is 14.9. The van der Waals surface area contributed by atoms with Crippen LogP contribution < -0.4 is 5.43 Å². The van der Waals surface area contributed by atoms with Crippen molar-refractivity contribution in [2.24, 2.45) is 5.10 Å². The van der Waals surface area contributed by atoms with Crippen molar-refractivity contribution in [3.8, 4) is 11.3 Å². The first-order chi connectivity index (χ1) is 11.2. The van der Waals surface area contributed by atoms with E-state index in [1.54, 1.807) is 24.4 Å². The summed E-state index contributed by atoms with van der Waals surface area (Å²) in [5.74, 6) is 0.283. The average molecular weight is 344 g/mol. The zero-order valence-corrected chi connectivity index (χ0v) is 13.3. The van der Waals surface area contributed by atoms with Crippen molar-refractivity contribution in [3.05, 3.63) is 70.3 Å². The summed E-state index contributed by atoms with van der Waals surface area (Å²) in [4.78, 5) is 4.35. The smallest absolute Gasteiger partial charge is 0.244 e. The van der Waals surface area contributed by atoms with Crippen molar-refractivity contribution in [1.82, 2.24) is 15.2 Å². The van der Waals surface area contributed by atoms with Crippen LogP contribution in [0.1, 0.15) is 5.56 Å². The molecule has 0 saturated carbocycles. The van der Waals surface area contributed by atoms with Gasteiger partial charge in [-0.1, -0.05) is 59.6 Å². The summed E-state index contributed by atoms with van der Waals surface area (Å²) in [5, 5.41) is 12.9. The van der Waals surface area contributed by atoms with Gasteiger partial charge in [0.2, 0.25) is 0 Å². The van der Waals surface area contributed by atoms with Crippen LogP contribution in [0, 0.1) is 0 Å². The molecule has 1 aromatic heterocycles. The Hall–Kier alpha value is -2.50. The third-order valence-corrected chi connectivity index (χ3v) is 3.65. The largest absolute Gasteiger partial charge is 0.263 e. The fraction of sp³-hybridized carbons (Fsp3) is 0. The first-order valence-corrected chi connectivity index (χ1v) is 7.48. The Kier molecular flexibility index (Phi) is 4.80. The third kappa shape index (κ3) is 3.83. The highest BCUT2D eigenvalue weighted by molar-refractivity contribution is 6.38. The number of hydrogen-bond acceptors (Lipinski definition) is 5. The molecule has 114 valence electrons. The van der Waals surface area contributed by atoms with E-state index in [4.69, 9.17) is 23.2 Å². The predicted octanol–water partition coefficient (Wildman–Crippen LogP) is 4.29. The van der Waals surface area contributed by atoms with Gasteiger partial charge in [-0.15, -0.1) is 5.10 Å². The summed E-state index contributed by atoms with van der Waals surface area (Å²) in [6.45, 7) is 0. The van der Waals surface area contributed by atoms with Gasteiger partial charge in [-0.25, -0.2) is 10.4 Å². The molecule has 3 rings (SSSR count). The first-order valence-electron chi connectivity index (χ1n) is 6.72. The molecule has 0 aliphatic rings. The molecule has 23 heavy (non-hydrogen) atoms. The van der Waals surface area contributed by atoms with Gasteiger partial charge in [0, 0.05) is 11.1 Å². The highest BCUT2D eigenvalue weighted by Gasteiger charge is 2.04. The van der Waals surface area contributed by atoms with Gasteiger partial charge in [0.1, 0.15) is 0 Å². The molecule has 0 saturated heterocycles. The fourth-order valence-electron chi connectivity index (χ4n) is 1.89. The maximum Gasteiger partial charge on any atom is 0.263 e. The van der Waals surface area contributed by atoms with E-state index >= 15 is 0 Å². The monoisotopic (exact) mass is 343 g/mol. The van der Waals surface area contributed by atoms with Crippen LogP contribution in [0.4, 0.5) is 5.95 Å². The zero-order valence-electron chi connectivity index (χ0n) is 11.8. The van der Waals surface area contributed by atoms with Crippen LogP contribution in [-0.4, -0.2) is 21.4 Å². The summed E-state index contributed by atoms with van der Waals surface area (Å²) < 4.78 is 0. The number of nitrogens with one attached hydrogen (secondary N) is 1. The van der Waals surface area contributed by atoms with Gasteiger partial charge in [-0.05, 0) is 12.1 Å². The van der Waals surface area contributed by atoms with E-state index in [1.807, 2.05) is 30.3 Å². The van der Waals surface area contributed by atoms with Crippen molar-refractivity contribution in [2.75, 3.05) is 5.43 Å². The molecule has 5 nitrogen and oxygen atoms in total. The predicted molar refractivity (Wildman–Crippen MR) is 92.9 cm³/mol. The molecule has 0 aliphatic heterocycles. The second kappa shape index (κ2) is 7.17. The van der Waals surface area contributed by atoms with Gasteiger partial charge in [-0.2, -0.15) is 10.2 Å². The Morgan fingerprint density at radius 1 is 0.957 bits per heavy atom. The first kappa shape index (κ1) is 15.4. The summed E-state index contributed by atoms with van der Waals surface area (Å²) in [7, 11) is 0. The molecule has 2 aromatic carbocycles. The van der Waals surface area contributed by atoms with Crippen LogP contribution in [0.15, 0.2) is 59.8 Å². The van der Waals surface area contributed by atoms with Crippen molar-refractivity contribution in [3.63, 3.8) is 0 Å². The van der Waals surface area contributed by atoms with Crippen LogP contribution in [0.2, 0.25) is 10.0 Å².